The fraction of sp³-hybridized carbons (Fsp3) is 0.857. The largest absolute Gasteiger partial charge is 0.374 e. The number of rotatable bonds is 6. The SMILES string of the molecule is CCOCC(=O)CCS(C)(=O)=O. The van der Waals surface area contributed by atoms with E-state index >= 15 is 0 Å². The molecule has 72 valence electrons. The van der Waals surface area contributed by atoms with E-state index in [9.17, 15) is 13.2 Å². The molecule has 0 aliphatic carbocycles. The molecule has 0 heterocycles. The maximum absolute atomic E-state index is 10.9. The number of hydrogen-bond acceptors (Lipinski definition) is 4. The number of ether oxygens (including phenoxy) is 1. The van der Waals surface area contributed by atoms with Crippen molar-refractivity contribution in [1.82, 2.24) is 0 Å². The lowest BCUT2D eigenvalue weighted by Crippen LogP contribution is -2.14. The summed E-state index contributed by atoms with van der Waals surface area (Å²) >= 11 is 0. The number of carbonyl (C=O) groups excluding carboxylic acids is 1. The Morgan fingerprint density at radius 2 is 2.00 bits per heavy atom. The predicted octanol–water partition coefficient (Wildman–Crippen LogP) is 0.0267. The molecular formula is C7H14O4S. The van der Waals surface area contributed by atoms with Crippen LogP contribution in [-0.2, 0) is 19.4 Å². The molecule has 0 N–H and O–H groups in total. The quantitative estimate of drug-likeness (QED) is 0.598. The van der Waals surface area contributed by atoms with Gasteiger partial charge in [0.05, 0.1) is 5.75 Å². The molecule has 4 nitrogen and oxygen atoms in total. The summed E-state index contributed by atoms with van der Waals surface area (Å²) in [7, 11) is -3.02. The van der Waals surface area contributed by atoms with Gasteiger partial charge in [0.2, 0.25) is 0 Å². The average molecular weight is 194 g/mol. The van der Waals surface area contributed by atoms with Crippen molar-refractivity contribution in [2.45, 2.75) is 13.3 Å². The second kappa shape index (κ2) is 5.27. The molecule has 0 amide bonds. The Morgan fingerprint density at radius 1 is 1.42 bits per heavy atom. The highest BCUT2D eigenvalue weighted by Crippen LogP contribution is 1.91. The van der Waals surface area contributed by atoms with Gasteiger partial charge in [0.1, 0.15) is 16.4 Å². The Morgan fingerprint density at radius 3 is 2.42 bits per heavy atom. The van der Waals surface area contributed by atoms with E-state index < -0.39 is 9.84 Å². The lowest BCUT2D eigenvalue weighted by atomic mass is 10.3. The molecule has 0 fully saturated rings. The predicted molar refractivity (Wildman–Crippen MR) is 45.8 cm³/mol. The van der Waals surface area contributed by atoms with E-state index in [2.05, 4.69) is 0 Å². The Balaban J connectivity index is 3.58. The van der Waals surface area contributed by atoms with Crippen molar-refractivity contribution >= 4 is 15.6 Å². The van der Waals surface area contributed by atoms with Crippen molar-refractivity contribution in [1.29, 1.82) is 0 Å². The second-order valence-corrected chi connectivity index (χ2v) is 4.82. The summed E-state index contributed by atoms with van der Waals surface area (Å²) in [6.45, 7) is 2.28. The van der Waals surface area contributed by atoms with Gasteiger partial charge in [-0.25, -0.2) is 8.42 Å². The van der Waals surface area contributed by atoms with Crippen LogP contribution in [0.2, 0.25) is 0 Å². The monoisotopic (exact) mass is 194 g/mol. The molecular weight excluding hydrogens is 180 g/mol. The Hall–Kier alpha value is -0.420. The highest BCUT2D eigenvalue weighted by atomic mass is 32.2. The summed E-state index contributed by atoms with van der Waals surface area (Å²) in [5.41, 5.74) is 0. The third kappa shape index (κ3) is 7.68. The fourth-order valence-electron chi connectivity index (χ4n) is 0.587. The van der Waals surface area contributed by atoms with E-state index in [1.807, 2.05) is 0 Å². The van der Waals surface area contributed by atoms with E-state index in [0.29, 0.717) is 6.61 Å². The molecule has 0 radical (unpaired) electrons. The van der Waals surface area contributed by atoms with Crippen LogP contribution in [0.5, 0.6) is 0 Å². The minimum absolute atomic E-state index is 0.0199. The zero-order valence-electron chi connectivity index (χ0n) is 7.37. The maximum atomic E-state index is 10.9. The van der Waals surface area contributed by atoms with Crippen LogP contribution in [0.15, 0.2) is 0 Å². The van der Waals surface area contributed by atoms with E-state index in [1.165, 1.54) is 0 Å². The van der Waals surface area contributed by atoms with Crippen molar-refractivity contribution in [3.05, 3.63) is 0 Å². The molecule has 0 aromatic rings. The normalized spacial score (nSPS) is 11.5. The molecule has 0 aliphatic heterocycles. The minimum Gasteiger partial charge on any atom is -0.374 e. The van der Waals surface area contributed by atoms with Crippen LogP contribution in [0.1, 0.15) is 13.3 Å². The first kappa shape index (κ1) is 11.6. The highest BCUT2D eigenvalue weighted by Gasteiger charge is 2.07. The molecule has 0 bridgehead atoms. The Labute approximate surface area is 72.8 Å². The summed E-state index contributed by atoms with van der Waals surface area (Å²) in [6.07, 6.45) is 1.17. The van der Waals surface area contributed by atoms with Gasteiger partial charge >= 0.3 is 0 Å². The van der Waals surface area contributed by atoms with Crippen LogP contribution < -0.4 is 0 Å². The van der Waals surface area contributed by atoms with Gasteiger partial charge < -0.3 is 4.74 Å². The lowest BCUT2D eigenvalue weighted by molar-refractivity contribution is -0.123. The van der Waals surface area contributed by atoms with Crippen LogP contribution in [0, 0.1) is 0 Å². The number of carbonyl (C=O) groups is 1. The summed E-state index contributed by atoms with van der Waals surface area (Å²) in [5.74, 6) is -0.249. The van der Waals surface area contributed by atoms with Gasteiger partial charge in [0, 0.05) is 19.3 Å². The molecule has 0 aromatic carbocycles. The number of hydrogen-bond donors (Lipinski definition) is 0. The molecule has 0 saturated heterocycles. The van der Waals surface area contributed by atoms with Gasteiger partial charge in [0.15, 0.2) is 5.78 Å². The molecule has 12 heavy (non-hydrogen) atoms. The molecule has 0 aliphatic rings. The van der Waals surface area contributed by atoms with Crippen LogP contribution >= 0.6 is 0 Å². The second-order valence-electron chi connectivity index (χ2n) is 2.56. The average Bonchev–Trinajstić information content (AvgIpc) is 1.95. The summed E-state index contributed by atoms with van der Waals surface area (Å²) in [4.78, 5) is 10.9. The molecule has 0 aromatic heterocycles. The first-order chi connectivity index (χ1) is 5.45. The summed E-state index contributed by atoms with van der Waals surface area (Å²) in [6, 6.07) is 0. The van der Waals surface area contributed by atoms with E-state index in [0.717, 1.165) is 6.26 Å². The van der Waals surface area contributed by atoms with Crippen LogP contribution in [-0.4, -0.2) is 39.4 Å². The topological polar surface area (TPSA) is 60.4 Å². The number of Topliss-reactive ketones (excluding diaryl/α,β-unsaturated/α-hetero) is 1. The third-order valence-electron chi connectivity index (χ3n) is 1.22. The van der Waals surface area contributed by atoms with Gasteiger partial charge in [-0.1, -0.05) is 0 Å². The lowest BCUT2D eigenvalue weighted by Gasteiger charge is -1.99. The van der Waals surface area contributed by atoms with E-state index in [-0.39, 0.29) is 24.6 Å². The molecule has 0 spiro atoms. The van der Waals surface area contributed by atoms with Crippen LogP contribution in [0.4, 0.5) is 0 Å². The van der Waals surface area contributed by atoms with Crippen molar-refractivity contribution in [2.24, 2.45) is 0 Å². The molecule has 0 unspecified atom stereocenters. The first-order valence-corrected chi connectivity index (χ1v) is 5.79. The van der Waals surface area contributed by atoms with Crippen molar-refractivity contribution < 1.29 is 17.9 Å². The molecule has 0 saturated carbocycles. The zero-order chi connectivity index (χ0) is 9.61. The summed E-state index contributed by atoms with van der Waals surface area (Å²) < 4.78 is 26.0. The van der Waals surface area contributed by atoms with Crippen LogP contribution in [0.25, 0.3) is 0 Å². The Kier molecular flexibility index (Phi) is 5.08. The molecule has 0 rings (SSSR count). The standard InChI is InChI=1S/C7H14O4S/c1-3-11-6-7(8)4-5-12(2,9)10/h3-6H2,1-2H3. The molecule has 0 atom stereocenters. The highest BCUT2D eigenvalue weighted by molar-refractivity contribution is 7.90. The van der Waals surface area contributed by atoms with Gasteiger partial charge in [-0.3, -0.25) is 4.79 Å². The van der Waals surface area contributed by atoms with Crippen LogP contribution in [0.3, 0.4) is 0 Å². The fourth-order valence-corrected chi connectivity index (χ4v) is 1.19. The zero-order valence-corrected chi connectivity index (χ0v) is 8.19. The molecule has 5 heteroatoms. The Bertz CT molecular complexity index is 230. The van der Waals surface area contributed by atoms with Gasteiger partial charge in [0.25, 0.3) is 0 Å². The minimum atomic E-state index is -3.02. The van der Waals surface area contributed by atoms with Gasteiger partial charge in [-0.15, -0.1) is 0 Å². The van der Waals surface area contributed by atoms with E-state index in [1.54, 1.807) is 6.92 Å². The maximum Gasteiger partial charge on any atom is 0.159 e. The number of ketones is 1. The van der Waals surface area contributed by atoms with Gasteiger partial charge in [-0.05, 0) is 6.92 Å². The first-order valence-electron chi connectivity index (χ1n) is 3.73. The summed E-state index contributed by atoms with van der Waals surface area (Å²) in [5, 5.41) is 0. The van der Waals surface area contributed by atoms with Crippen molar-refractivity contribution in [2.75, 3.05) is 25.2 Å². The third-order valence-corrected chi connectivity index (χ3v) is 2.16. The van der Waals surface area contributed by atoms with Crippen molar-refractivity contribution in [3.8, 4) is 0 Å². The van der Waals surface area contributed by atoms with Gasteiger partial charge in [-0.2, -0.15) is 0 Å². The number of sulfone groups is 1. The van der Waals surface area contributed by atoms with E-state index in [4.69, 9.17) is 4.74 Å². The smallest absolute Gasteiger partial charge is 0.159 e. The van der Waals surface area contributed by atoms with Crippen molar-refractivity contribution in [3.63, 3.8) is 0 Å².